The summed E-state index contributed by atoms with van der Waals surface area (Å²) in [6.07, 6.45) is 2.16. The molecule has 4 nitrogen and oxygen atoms in total. The zero-order valence-electron chi connectivity index (χ0n) is 13.7. The van der Waals surface area contributed by atoms with Crippen molar-refractivity contribution in [1.82, 2.24) is 9.88 Å². The summed E-state index contributed by atoms with van der Waals surface area (Å²) in [5.74, 6) is 1.38. The van der Waals surface area contributed by atoms with Crippen LogP contribution in [0.25, 0.3) is 22.6 Å². The number of oxazole rings is 1. The van der Waals surface area contributed by atoms with Crippen LogP contribution in [-0.2, 0) is 0 Å². The average molecular weight is 320 g/mol. The number of amides is 1. The van der Waals surface area contributed by atoms with Crippen LogP contribution in [0.3, 0.4) is 0 Å². The first kappa shape index (κ1) is 14.9. The molecule has 0 bridgehead atoms. The van der Waals surface area contributed by atoms with Gasteiger partial charge in [-0.05, 0) is 49.1 Å². The van der Waals surface area contributed by atoms with Gasteiger partial charge < -0.3 is 9.32 Å². The Bertz CT molecular complexity index is 862. The van der Waals surface area contributed by atoms with Crippen LogP contribution in [0.5, 0.6) is 0 Å². The van der Waals surface area contributed by atoms with Crippen LogP contribution in [0.4, 0.5) is 0 Å². The number of benzene rings is 2. The Morgan fingerprint density at radius 2 is 1.88 bits per heavy atom. The van der Waals surface area contributed by atoms with Crippen LogP contribution < -0.4 is 0 Å². The van der Waals surface area contributed by atoms with E-state index >= 15 is 0 Å². The SMILES string of the molecule is CC1CCN(C(=O)c2ccc3oc(-c4ccccc4)nc3c2)CC1. The molecule has 2 heterocycles. The Morgan fingerprint density at radius 3 is 2.62 bits per heavy atom. The Kier molecular flexibility index (Phi) is 3.81. The number of aromatic nitrogens is 1. The van der Waals surface area contributed by atoms with Crippen molar-refractivity contribution in [3.63, 3.8) is 0 Å². The van der Waals surface area contributed by atoms with E-state index in [-0.39, 0.29) is 5.91 Å². The van der Waals surface area contributed by atoms with Crippen molar-refractivity contribution in [2.24, 2.45) is 5.92 Å². The van der Waals surface area contributed by atoms with Crippen molar-refractivity contribution in [1.29, 1.82) is 0 Å². The molecule has 1 aliphatic heterocycles. The zero-order valence-corrected chi connectivity index (χ0v) is 13.7. The van der Waals surface area contributed by atoms with Gasteiger partial charge in [0.15, 0.2) is 5.58 Å². The predicted octanol–water partition coefficient (Wildman–Crippen LogP) is 4.37. The van der Waals surface area contributed by atoms with Gasteiger partial charge in [0.05, 0.1) is 0 Å². The molecule has 0 atom stereocenters. The molecule has 1 saturated heterocycles. The lowest BCUT2D eigenvalue weighted by Crippen LogP contribution is -2.37. The molecule has 1 fully saturated rings. The third kappa shape index (κ3) is 2.80. The normalized spacial score (nSPS) is 15.8. The lowest BCUT2D eigenvalue weighted by atomic mass is 9.98. The Morgan fingerprint density at radius 1 is 1.12 bits per heavy atom. The van der Waals surface area contributed by atoms with Gasteiger partial charge in [-0.2, -0.15) is 0 Å². The molecule has 3 aromatic rings. The summed E-state index contributed by atoms with van der Waals surface area (Å²) in [6.45, 7) is 3.92. The van der Waals surface area contributed by atoms with E-state index in [1.54, 1.807) is 0 Å². The van der Waals surface area contributed by atoms with Gasteiger partial charge in [0, 0.05) is 24.2 Å². The van der Waals surface area contributed by atoms with Crippen LogP contribution >= 0.6 is 0 Å². The van der Waals surface area contributed by atoms with E-state index < -0.39 is 0 Å². The quantitative estimate of drug-likeness (QED) is 0.704. The largest absolute Gasteiger partial charge is 0.436 e. The molecule has 0 N–H and O–H groups in total. The van der Waals surface area contributed by atoms with Crippen LogP contribution in [0.1, 0.15) is 30.1 Å². The standard InChI is InChI=1S/C20H20N2O2/c1-14-9-11-22(12-10-14)20(23)16-7-8-18-17(13-16)21-19(24-18)15-5-3-2-4-6-15/h2-8,13-14H,9-12H2,1H3. The first-order valence-electron chi connectivity index (χ1n) is 8.46. The van der Waals surface area contributed by atoms with E-state index in [9.17, 15) is 4.79 Å². The van der Waals surface area contributed by atoms with E-state index in [1.807, 2.05) is 53.4 Å². The van der Waals surface area contributed by atoms with Crippen molar-refractivity contribution in [3.05, 3.63) is 54.1 Å². The second-order valence-electron chi connectivity index (χ2n) is 6.54. The smallest absolute Gasteiger partial charge is 0.253 e. The minimum atomic E-state index is 0.0908. The van der Waals surface area contributed by atoms with E-state index in [0.717, 1.165) is 37.0 Å². The monoisotopic (exact) mass is 320 g/mol. The summed E-state index contributed by atoms with van der Waals surface area (Å²) in [5, 5.41) is 0. The summed E-state index contributed by atoms with van der Waals surface area (Å²) >= 11 is 0. The minimum absolute atomic E-state index is 0.0908. The number of hydrogen-bond donors (Lipinski definition) is 0. The minimum Gasteiger partial charge on any atom is -0.436 e. The zero-order chi connectivity index (χ0) is 16.5. The highest BCUT2D eigenvalue weighted by Gasteiger charge is 2.22. The highest BCUT2D eigenvalue weighted by atomic mass is 16.3. The number of hydrogen-bond acceptors (Lipinski definition) is 3. The predicted molar refractivity (Wildman–Crippen MR) is 93.7 cm³/mol. The fourth-order valence-corrected chi connectivity index (χ4v) is 3.16. The van der Waals surface area contributed by atoms with Gasteiger partial charge in [0.2, 0.25) is 5.89 Å². The fourth-order valence-electron chi connectivity index (χ4n) is 3.16. The van der Waals surface area contributed by atoms with Gasteiger partial charge >= 0.3 is 0 Å². The van der Waals surface area contributed by atoms with E-state index in [2.05, 4.69) is 11.9 Å². The maximum Gasteiger partial charge on any atom is 0.253 e. The second kappa shape index (κ2) is 6.11. The van der Waals surface area contributed by atoms with Crippen LogP contribution in [-0.4, -0.2) is 28.9 Å². The van der Waals surface area contributed by atoms with Crippen LogP contribution in [0.2, 0.25) is 0 Å². The molecule has 4 rings (SSSR count). The van der Waals surface area contributed by atoms with Gasteiger partial charge in [-0.15, -0.1) is 0 Å². The maximum absolute atomic E-state index is 12.7. The topological polar surface area (TPSA) is 46.3 Å². The first-order chi connectivity index (χ1) is 11.7. The number of likely N-dealkylation sites (tertiary alicyclic amines) is 1. The van der Waals surface area contributed by atoms with E-state index in [4.69, 9.17) is 4.42 Å². The van der Waals surface area contributed by atoms with Gasteiger partial charge in [-0.1, -0.05) is 25.1 Å². The fraction of sp³-hybridized carbons (Fsp3) is 0.300. The number of piperidine rings is 1. The highest BCUT2D eigenvalue weighted by molar-refractivity contribution is 5.97. The molecule has 122 valence electrons. The number of carbonyl (C=O) groups excluding carboxylic acids is 1. The highest BCUT2D eigenvalue weighted by Crippen LogP contribution is 2.25. The van der Waals surface area contributed by atoms with Crippen molar-refractivity contribution in [2.45, 2.75) is 19.8 Å². The maximum atomic E-state index is 12.7. The number of fused-ring (bicyclic) bond motifs is 1. The lowest BCUT2D eigenvalue weighted by Gasteiger charge is -2.30. The molecule has 1 aromatic heterocycles. The Balaban J connectivity index is 1.62. The van der Waals surface area contributed by atoms with Crippen LogP contribution in [0.15, 0.2) is 52.9 Å². The summed E-state index contributed by atoms with van der Waals surface area (Å²) in [6, 6.07) is 15.3. The van der Waals surface area contributed by atoms with E-state index in [1.165, 1.54) is 0 Å². The van der Waals surface area contributed by atoms with Crippen molar-refractivity contribution in [3.8, 4) is 11.5 Å². The van der Waals surface area contributed by atoms with E-state index in [0.29, 0.717) is 23.0 Å². The molecule has 0 spiro atoms. The third-order valence-corrected chi connectivity index (χ3v) is 4.73. The summed E-state index contributed by atoms with van der Waals surface area (Å²) < 4.78 is 5.81. The molecule has 0 saturated carbocycles. The lowest BCUT2D eigenvalue weighted by molar-refractivity contribution is 0.0697. The number of nitrogens with zero attached hydrogens (tertiary/aromatic N) is 2. The molecule has 24 heavy (non-hydrogen) atoms. The summed E-state index contributed by atoms with van der Waals surface area (Å²) in [5.41, 5.74) is 3.05. The summed E-state index contributed by atoms with van der Waals surface area (Å²) in [4.78, 5) is 19.2. The van der Waals surface area contributed by atoms with Crippen molar-refractivity contribution < 1.29 is 9.21 Å². The van der Waals surface area contributed by atoms with Crippen LogP contribution in [0, 0.1) is 5.92 Å². The molecule has 0 radical (unpaired) electrons. The molecular formula is C20H20N2O2. The van der Waals surface area contributed by atoms with Gasteiger partial charge in [-0.25, -0.2) is 4.98 Å². The van der Waals surface area contributed by atoms with Crippen molar-refractivity contribution in [2.75, 3.05) is 13.1 Å². The first-order valence-corrected chi connectivity index (χ1v) is 8.46. The van der Waals surface area contributed by atoms with Gasteiger partial charge in [0.25, 0.3) is 5.91 Å². The van der Waals surface area contributed by atoms with Gasteiger partial charge in [0.1, 0.15) is 5.52 Å². The molecule has 2 aromatic carbocycles. The molecule has 1 amide bonds. The second-order valence-corrected chi connectivity index (χ2v) is 6.54. The molecule has 4 heteroatoms. The number of carbonyl (C=O) groups is 1. The third-order valence-electron chi connectivity index (χ3n) is 4.73. The number of rotatable bonds is 2. The van der Waals surface area contributed by atoms with Crippen molar-refractivity contribution >= 4 is 17.0 Å². The Hall–Kier alpha value is -2.62. The average Bonchev–Trinajstić information content (AvgIpc) is 3.06. The Labute approximate surface area is 141 Å². The molecule has 1 aliphatic rings. The molecule has 0 unspecified atom stereocenters. The molecular weight excluding hydrogens is 300 g/mol. The van der Waals surface area contributed by atoms with Gasteiger partial charge in [-0.3, -0.25) is 4.79 Å². The molecule has 0 aliphatic carbocycles. The summed E-state index contributed by atoms with van der Waals surface area (Å²) in [7, 11) is 0.